The summed E-state index contributed by atoms with van der Waals surface area (Å²) in [4.78, 5) is 26.2. The predicted molar refractivity (Wildman–Crippen MR) is 95.5 cm³/mol. The fourth-order valence-electron chi connectivity index (χ4n) is 3.59. The van der Waals surface area contributed by atoms with Crippen LogP contribution >= 0.6 is 0 Å². The summed E-state index contributed by atoms with van der Waals surface area (Å²) in [5, 5.41) is 15.1. The van der Waals surface area contributed by atoms with Gasteiger partial charge in [-0.1, -0.05) is 0 Å². The first-order valence-electron chi connectivity index (χ1n) is 8.74. The molecule has 1 aromatic carbocycles. The monoisotopic (exact) mass is 363 g/mol. The van der Waals surface area contributed by atoms with E-state index in [2.05, 4.69) is 10.6 Å². The summed E-state index contributed by atoms with van der Waals surface area (Å²) in [6, 6.07) is 4.73. The van der Waals surface area contributed by atoms with E-state index in [1.54, 1.807) is 30.1 Å². The van der Waals surface area contributed by atoms with Crippen molar-refractivity contribution in [2.75, 3.05) is 39.2 Å². The zero-order valence-corrected chi connectivity index (χ0v) is 15.1. The van der Waals surface area contributed by atoms with Gasteiger partial charge >= 0.3 is 6.03 Å². The Bertz CT molecular complexity index is 685. The molecule has 1 spiro atoms. The number of nitrogens with zero attached hydrogens (tertiary/aromatic N) is 1. The third-order valence-electron chi connectivity index (χ3n) is 5.07. The normalized spacial score (nSPS) is 21.5. The minimum atomic E-state index is -0.405. The Kier molecular flexibility index (Phi) is 5.33. The van der Waals surface area contributed by atoms with Crippen molar-refractivity contribution in [3.63, 3.8) is 0 Å². The summed E-state index contributed by atoms with van der Waals surface area (Å²) < 4.78 is 10.9. The molecule has 0 bridgehead atoms. The zero-order valence-electron chi connectivity index (χ0n) is 15.1. The Morgan fingerprint density at radius 3 is 2.65 bits per heavy atom. The molecule has 2 aliphatic heterocycles. The van der Waals surface area contributed by atoms with E-state index in [0.29, 0.717) is 56.0 Å². The maximum atomic E-state index is 12.5. The number of methoxy groups -OCH3 is 1. The Morgan fingerprint density at radius 1 is 1.35 bits per heavy atom. The van der Waals surface area contributed by atoms with E-state index in [4.69, 9.17) is 9.47 Å². The first-order chi connectivity index (χ1) is 12.5. The number of likely N-dealkylation sites (tertiary alicyclic amines) is 1. The molecule has 142 valence electrons. The molecule has 0 unspecified atom stereocenters. The van der Waals surface area contributed by atoms with Gasteiger partial charge in [0.25, 0.3) is 5.91 Å². The molecular weight excluding hydrogens is 338 g/mol. The van der Waals surface area contributed by atoms with E-state index >= 15 is 0 Å². The molecule has 26 heavy (non-hydrogen) atoms. The van der Waals surface area contributed by atoms with Crippen LogP contribution in [0.1, 0.15) is 29.6 Å². The van der Waals surface area contributed by atoms with Crippen LogP contribution in [0.3, 0.4) is 0 Å². The maximum Gasteiger partial charge on any atom is 0.321 e. The standard InChI is InChI=1S/C18H25N3O5/c1-19-16(23)14-9-12(3-4-15(14)25-2)20-17(24)21-7-5-18(6-8-21)10-13(22)11-26-18/h3-4,9,13,22H,5-8,10-11H2,1-2H3,(H,19,23)(H,20,24)/t13-/m0/s1. The number of hydrogen-bond donors (Lipinski definition) is 3. The van der Waals surface area contributed by atoms with Crippen molar-refractivity contribution in [3.8, 4) is 5.75 Å². The lowest BCUT2D eigenvalue weighted by Crippen LogP contribution is -2.48. The highest BCUT2D eigenvalue weighted by molar-refractivity contribution is 5.99. The number of rotatable bonds is 3. The van der Waals surface area contributed by atoms with E-state index in [1.807, 2.05) is 0 Å². The van der Waals surface area contributed by atoms with Gasteiger partial charge in [-0.2, -0.15) is 0 Å². The average Bonchev–Trinajstić information content (AvgIpc) is 3.01. The van der Waals surface area contributed by atoms with Crippen LogP contribution in [-0.4, -0.2) is 67.5 Å². The van der Waals surface area contributed by atoms with Crippen molar-refractivity contribution in [2.24, 2.45) is 0 Å². The molecule has 0 aromatic heterocycles. The summed E-state index contributed by atoms with van der Waals surface area (Å²) >= 11 is 0. The van der Waals surface area contributed by atoms with Gasteiger partial charge in [0.15, 0.2) is 0 Å². The Morgan fingerprint density at radius 2 is 2.08 bits per heavy atom. The van der Waals surface area contributed by atoms with Crippen LogP contribution < -0.4 is 15.4 Å². The molecule has 2 heterocycles. The minimum Gasteiger partial charge on any atom is -0.496 e. The number of piperidine rings is 1. The third-order valence-corrected chi connectivity index (χ3v) is 5.07. The summed E-state index contributed by atoms with van der Waals surface area (Å²) in [5.74, 6) is 0.161. The smallest absolute Gasteiger partial charge is 0.321 e. The summed E-state index contributed by atoms with van der Waals surface area (Å²) in [6.07, 6.45) is 1.65. The molecule has 2 fully saturated rings. The number of carbonyl (C=O) groups excluding carboxylic acids is 2. The largest absolute Gasteiger partial charge is 0.496 e. The van der Waals surface area contributed by atoms with E-state index in [-0.39, 0.29) is 17.5 Å². The molecule has 1 atom stereocenters. The number of nitrogens with one attached hydrogen (secondary N) is 2. The number of anilines is 1. The second kappa shape index (κ2) is 7.51. The lowest BCUT2D eigenvalue weighted by atomic mass is 9.88. The van der Waals surface area contributed by atoms with Gasteiger partial charge in [-0.3, -0.25) is 4.79 Å². The predicted octanol–water partition coefficient (Wildman–Crippen LogP) is 1.20. The Labute approximate surface area is 152 Å². The lowest BCUT2D eigenvalue weighted by Gasteiger charge is -2.38. The van der Waals surface area contributed by atoms with E-state index in [9.17, 15) is 14.7 Å². The highest BCUT2D eigenvalue weighted by atomic mass is 16.5. The van der Waals surface area contributed by atoms with Crippen LogP contribution in [0.4, 0.5) is 10.5 Å². The van der Waals surface area contributed by atoms with E-state index < -0.39 is 6.10 Å². The van der Waals surface area contributed by atoms with Crippen molar-refractivity contribution in [3.05, 3.63) is 23.8 Å². The van der Waals surface area contributed by atoms with Crippen molar-refractivity contribution in [2.45, 2.75) is 31.0 Å². The number of urea groups is 1. The molecule has 3 rings (SSSR count). The summed E-state index contributed by atoms with van der Waals surface area (Å²) in [5.41, 5.74) is 0.601. The van der Waals surface area contributed by atoms with Gasteiger partial charge in [0.05, 0.1) is 31.0 Å². The second-order valence-electron chi connectivity index (χ2n) is 6.76. The van der Waals surface area contributed by atoms with Gasteiger partial charge in [0.1, 0.15) is 5.75 Å². The van der Waals surface area contributed by atoms with Gasteiger partial charge in [-0.25, -0.2) is 4.79 Å². The summed E-state index contributed by atoms with van der Waals surface area (Å²) in [6.45, 7) is 1.51. The van der Waals surface area contributed by atoms with Crippen LogP contribution in [0, 0.1) is 0 Å². The van der Waals surface area contributed by atoms with Crippen molar-refractivity contribution < 1.29 is 24.2 Å². The molecule has 8 heteroatoms. The van der Waals surface area contributed by atoms with Crippen LogP contribution in [0.15, 0.2) is 18.2 Å². The number of carbonyl (C=O) groups is 2. The molecule has 0 saturated carbocycles. The highest BCUT2D eigenvalue weighted by Crippen LogP contribution is 2.36. The first-order valence-corrected chi connectivity index (χ1v) is 8.74. The fourth-order valence-corrected chi connectivity index (χ4v) is 3.59. The minimum absolute atomic E-state index is 0.216. The van der Waals surface area contributed by atoms with Gasteiger partial charge in [0, 0.05) is 32.2 Å². The molecular formula is C18H25N3O5. The topological polar surface area (TPSA) is 100 Å². The lowest BCUT2D eigenvalue weighted by molar-refractivity contribution is -0.0365. The van der Waals surface area contributed by atoms with Crippen molar-refractivity contribution in [1.82, 2.24) is 10.2 Å². The number of amides is 3. The van der Waals surface area contributed by atoms with Crippen LogP contribution in [0.2, 0.25) is 0 Å². The number of hydrogen-bond acceptors (Lipinski definition) is 5. The SMILES string of the molecule is CNC(=O)c1cc(NC(=O)N2CCC3(CC2)C[C@H](O)CO3)ccc1OC. The number of benzene rings is 1. The van der Waals surface area contributed by atoms with Gasteiger partial charge in [0.2, 0.25) is 0 Å². The summed E-state index contributed by atoms with van der Waals surface area (Å²) in [7, 11) is 3.03. The molecule has 2 aliphatic rings. The van der Waals surface area contributed by atoms with E-state index in [1.165, 1.54) is 7.11 Å². The van der Waals surface area contributed by atoms with Gasteiger partial charge in [-0.15, -0.1) is 0 Å². The quantitative estimate of drug-likeness (QED) is 0.749. The molecule has 3 amide bonds. The Hall–Kier alpha value is -2.32. The van der Waals surface area contributed by atoms with Gasteiger partial charge < -0.3 is 30.1 Å². The molecule has 3 N–H and O–H groups in total. The van der Waals surface area contributed by atoms with Crippen molar-refractivity contribution in [1.29, 1.82) is 0 Å². The van der Waals surface area contributed by atoms with Gasteiger partial charge in [-0.05, 0) is 31.0 Å². The van der Waals surface area contributed by atoms with Crippen LogP contribution in [-0.2, 0) is 4.74 Å². The number of ether oxygens (including phenoxy) is 2. The average molecular weight is 363 g/mol. The maximum absolute atomic E-state index is 12.5. The Balaban J connectivity index is 1.63. The molecule has 1 aromatic rings. The molecule has 2 saturated heterocycles. The molecule has 0 aliphatic carbocycles. The van der Waals surface area contributed by atoms with Crippen LogP contribution in [0.25, 0.3) is 0 Å². The second-order valence-corrected chi connectivity index (χ2v) is 6.76. The molecule has 8 nitrogen and oxygen atoms in total. The first kappa shape index (κ1) is 18.5. The van der Waals surface area contributed by atoms with E-state index in [0.717, 1.165) is 0 Å². The number of aliphatic hydroxyl groups excluding tert-OH is 1. The van der Waals surface area contributed by atoms with Crippen molar-refractivity contribution >= 4 is 17.6 Å². The molecule has 0 radical (unpaired) electrons. The van der Waals surface area contributed by atoms with Crippen LogP contribution in [0.5, 0.6) is 5.75 Å². The number of aliphatic hydroxyl groups is 1. The highest BCUT2D eigenvalue weighted by Gasteiger charge is 2.42. The third kappa shape index (κ3) is 3.76. The fraction of sp³-hybridized carbons (Fsp3) is 0.556. The zero-order chi connectivity index (χ0) is 18.7.